The van der Waals surface area contributed by atoms with Crippen LogP contribution in [-0.4, -0.2) is 30.9 Å². The molecule has 0 saturated heterocycles. The maximum absolute atomic E-state index is 12.9. The Morgan fingerprint density at radius 2 is 1.55 bits per heavy atom. The molecular formula is C23H26N2O4. The molecule has 2 amide bonds. The van der Waals surface area contributed by atoms with E-state index in [1.807, 2.05) is 44.2 Å². The van der Waals surface area contributed by atoms with Crippen LogP contribution in [0.2, 0.25) is 0 Å². The topological polar surface area (TPSA) is 84.5 Å². The number of hydrogen-bond donors (Lipinski definition) is 2. The third-order valence-corrected chi connectivity index (χ3v) is 4.14. The number of methoxy groups -OCH3 is 1. The molecule has 0 radical (unpaired) electrons. The summed E-state index contributed by atoms with van der Waals surface area (Å²) in [7, 11) is 1.28. The SMILES string of the molecule is COC(=O)[C@H](CC(C)C)NC(=O)C(=Cc1ccccc1)NC(=O)c1ccccc1. The summed E-state index contributed by atoms with van der Waals surface area (Å²) >= 11 is 0. The minimum Gasteiger partial charge on any atom is -0.467 e. The molecule has 2 aromatic carbocycles. The molecule has 0 heterocycles. The van der Waals surface area contributed by atoms with Gasteiger partial charge < -0.3 is 15.4 Å². The van der Waals surface area contributed by atoms with Crippen LogP contribution in [0.3, 0.4) is 0 Å². The molecule has 0 unspecified atom stereocenters. The lowest BCUT2D eigenvalue weighted by molar-refractivity contribution is -0.145. The van der Waals surface area contributed by atoms with Crippen molar-refractivity contribution in [2.75, 3.05) is 7.11 Å². The highest BCUT2D eigenvalue weighted by molar-refractivity contribution is 6.06. The van der Waals surface area contributed by atoms with Gasteiger partial charge in [-0.1, -0.05) is 62.4 Å². The Bertz CT molecular complexity index is 861. The molecule has 0 aliphatic heterocycles. The van der Waals surface area contributed by atoms with E-state index in [1.54, 1.807) is 36.4 Å². The van der Waals surface area contributed by atoms with Crippen LogP contribution in [0, 0.1) is 5.92 Å². The summed E-state index contributed by atoms with van der Waals surface area (Å²) in [5.41, 5.74) is 1.21. The van der Waals surface area contributed by atoms with Gasteiger partial charge in [-0.15, -0.1) is 0 Å². The molecule has 0 fully saturated rings. The van der Waals surface area contributed by atoms with Gasteiger partial charge in [-0.2, -0.15) is 0 Å². The minimum atomic E-state index is -0.805. The normalized spacial score (nSPS) is 12.2. The number of rotatable bonds is 8. The van der Waals surface area contributed by atoms with Crippen molar-refractivity contribution in [1.82, 2.24) is 10.6 Å². The fourth-order valence-corrected chi connectivity index (χ4v) is 2.72. The molecule has 152 valence electrons. The predicted molar refractivity (Wildman–Crippen MR) is 112 cm³/mol. The maximum atomic E-state index is 12.9. The lowest BCUT2D eigenvalue weighted by Crippen LogP contribution is -2.45. The number of amides is 2. The van der Waals surface area contributed by atoms with E-state index < -0.39 is 23.8 Å². The predicted octanol–water partition coefficient (Wildman–Crippen LogP) is 3.16. The monoisotopic (exact) mass is 394 g/mol. The van der Waals surface area contributed by atoms with Crippen molar-refractivity contribution < 1.29 is 19.1 Å². The second-order valence-corrected chi connectivity index (χ2v) is 6.97. The number of carbonyl (C=O) groups is 3. The number of ether oxygens (including phenoxy) is 1. The molecule has 29 heavy (non-hydrogen) atoms. The Hall–Kier alpha value is -3.41. The summed E-state index contributed by atoms with van der Waals surface area (Å²) in [6, 6.07) is 16.9. The highest BCUT2D eigenvalue weighted by Crippen LogP contribution is 2.10. The zero-order valence-electron chi connectivity index (χ0n) is 16.8. The number of hydrogen-bond acceptors (Lipinski definition) is 4. The zero-order chi connectivity index (χ0) is 21.2. The Labute approximate surface area is 171 Å². The first-order chi connectivity index (χ1) is 13.9. The van der Waals surface area contributed by atoms with Crippen LogP contribution in [0.1, 0.15) is 36.2 Å². The maximum Gasteiger partial charge on any atom is 0.328 e. The number of nitrogens with one attached hydrogen (secondary N) is 2. The number of benzene rings is 2. The summed E-state index contributed by atoms with van der Waals surface area (Å²) in [4.78, 5) is 37.6. The quantitative estimate of drug-likeness (QED) is 0.532. The van der Waals surface area contributed by atoms with E-state index in [1.165, 1.54) is 7.11 Å². The van der Waals surface area contributed by atoms with Crippen molar-refractivity contribution in [3.63, 3.8) is 0 Å². The van der Waals surface area contributed by atoms with Crippen LogP contribution in [-0.2, 0) is 14.3 Å². The molecule has 0 aliphatic rings. The van der Waals surface area contributed by atoms with Gasteiger partial charge in [0.05, 0.1) is 7.11 Å². The Kier molecular flexibility index (Phi) is 8.15. The molecule has 0 bridgehead atoms. The molecule has 2 aromatic rings. The molecule has 0 aromatic heterocycles. The Balaban J connectivity index is 2.28. The summed E-state index contributed by atoms with van der Waals surface area (Å²) in [6.45, 7) is 3.89. The molecule has 6 heteroatoms. The highest BCUT2D eigenvalue weighted by Gasteiger charge is 2.25. The van der Waals surface area contributed by atoms with E-state index in [0.717, 1.165) is 5.56 Å². The fraction of sp³-hybridized carbons (Fsp3) is 0.261. The van der Waals surface area contributed by atoms with Crippen LogP contribution in [0.5, 0.6) is 0 Å². The van der Waals surface area contributed by atoms with Gasteiger partial charge in [0.25, 0.3) is 11.8 Å². The van der Waals surface area contributed by atoms with Crippen LogP contribution >= 0.6 is 0 Å². The minimum absolute atomic E-state index is 0.0442. The van der Waals surface area contributed by atoms with E-state index in [-0.39, 0.29) is 11.6 Å². The second kappa shape index (κ2) is 10.8. The molecule has 0 spiro atoms. The summed E-state index contributed by atoms with van der Waals surface area (Å²) < 4.78 is 4.80. The Morgan fingerprint density at radius 3 is 2.10 bits per heavy atom. The van der Waals surface area contributed by atoms with Gasteiger partial charge in [-0.25, -0.2) is 4.79 Å². The van der Waals surface area contributed by atoms with Crippen LogP contribution in [0.25, 0.3) is 6.08 Å². The van der Waals surface area contributed by atoms with E-state index >= 15 is 0 Å². The second-order valence-electron chi connectivity index (χ2n) is 6.97. The summed E-state index contributed by atoms with van der Waals surface area (Å²) in [5.74, 6) is -1.34. The standard InChI is InChI=1S/C23H26N2O4/c1-16(2)14-20(23(28)29-3)25-22(27)19(15-17-10-6-4-7-11-17)24-21(26)18-12-8-5-9-13-18/h4-13,15-16,20H,14H2,1-3H3,(H,24,26)(H,25,27)/t20-/m0/s1. The fourth-order valence-electron chi connectivity index (χ4n) is 2.72. The van der Waals surface area contributed by atoms with Crippen molar-refractivity contribution in [2.24, 2.45) is 5.92 Å². The van der Waals surface area contributed by atoms with E-state index in [0.29, 0.717) is 12.0 Å². The van der Waals surface area contributed by atoms with E-state index in [4.69, 9.17) is 4.74 Å². The van der Waals surface area contributed by atoms with Crippen molar-refractivity contribution >= 4 is 23.9 Å². The van der Waals surface area contributed by atoms with Gasteiger partial charge in [0.2, 0.25) is 0 Å². The lowest BCUT2D eigenvalue weighted by Gasteiger charge is -2.19. The smallest absolute Gasteiger partial charge is 0.328 e. The molecular weight excluding hydrogens is 368 g/mol. The molecule has 0 saturated carbocycles. The first-order valence-electron chi connectivity index (χ1n) is 9.42. The number of esters is 1. The molecule has 2 N–H and O–H groups in total. The average Bonchev–Trinajstić information content (AvgIpc) is 2.73. The van der Waals surface area contributed by atoms with Gasteiger partial charge in [-0.3, -0.25) is 9.59 Å². The molecule has 0 aliphatic carbocycles. The Morgan fingerprint density at radius 1 is 0.966 bits per heavy atom. The van der Waals surface area contributed by atoms with Crippen LogP contribution in [0.4, 0.5) is 0 Å². The van der Waals surface area contributed by atoms with Gasteiger partial charge in [-0.05, 0) is 36.1 Å². The lowest BCUT2D eigenvalue weighted by atomic mass is 10.0. The first-order valence-corrected chi connectivity index (χ1v) is 9.42. The van der Waals surface area contributed by atoms with Crippen LogP contribution in [0.15, 0.2) is 66.4 Å². The van der Waals surface area contributed by atoms with E-state index in [9.17, 15) is 14.4 Å². The van der Waals surface area contributed by atoms with Crippen molar-refractivity contribution in [1.29, 1.82) is 0 Å². The summed E-state index contributed by atoms with van der Waals surface area (Å²) in [5, 5.41) is 5.33. The van der Waals surface area contributed by atoms with Gasteiger partial charge in [0.15, 0.2) is 0 Å². The number of carbonyl (C=O) groups excluding carboxylic acids is 3. The third kappa shape index (κ3) is 6.92. The van der Waals surface area contributed by atoms with Crippen LogP contribution < -0.4 is 10.6 Å². The van der Waals surface area contributed by atoms with Crippen molar-refractivity contribution in [3.05, 3.63) is 77.5 Å². The molecule has 1 atom stereocenters. The molecule has 6 nitrogen and oxygen atoms in total. The van der Waals surface area contributed by atoms with Crippen molar-refractivity contribution in [3.8, 4) is 0 Å². The third-order valence-electron chi connectivity index (χ3n) is 4.14. The van der Waals surface area contributed by atoms with Gasteiger partial charge in [0, 0.05) is 5.56 Å². The van der Waals surface area contributed by atoms with Gasteiger partial charge >= 0.3 is 5.97 Å². The average molecular weight is 394 g/mol. The largest absolute Gasteiger partial charge is 0.467 e. The molecule has 2 rings (SSSR count). The highest BCUT2D eigenvalue weighted by atomic mass is 16.5. The summed E-state index contributed by atoms with van der Waals surface area (Å²) in [6.07, 6.45) is 1.99. The first kappa shape index (κ1) is 21.9. The van der Waals surface area contributed by atoms with Crippen molar-refractivity contribution in [2.45, 2.75) is 26.3 Å². The zero-order valence-corrected chi connectivity index (χ0v) is 16.8. The van der Waals surface area contributed by atoms with E-state index in [2.05, 4.69) is 10.6 Å². The van der Waals surface area contributed by atoms with Gasteiger partial charge in [0.1, 0.15) is 11.7 Å².